The van der Waals surface area contributed by atoms with Crippen LogP contribution in [0.5, 0.6) is 11.5 Å². The number of esters is 1. The van der Waals surface area contributed by atoms with E-state index in [2.05, 4.69) is 10.1 Å². The number of hydrogen-bond donors (Lipinski definition) is 1. The van der Waals surface area contributed by atoms with Gasteiger partial charge in [-0.05, 0) is 12.1 Å². The van der Waals surface area contributed by atoms with Crippen molar-refractivity contribution in [2.24, 2.45) is 0 Å². The monoisotopic (exact) mass is 393 g/mol. The predicted octanol–water partition coefficient (Wildman–Crippen LogP) is 1.41. The van der Waals surface area contributed by atoms with Gasteiger partial charge in [-0.3, -0.25) is 9.59 Å². The lowest BCUT2D eigenvalue weighted by Gasteiger charge is -2.14. The van der Waals surface area contributed by atoms with Gasteiger partial charge in [0.15, 0.2) is 0 Å². The number of carbonyl (C=O) groups excluding carboxylic acids is 2. The Labute approximate surface area is 130 Å². The highest BCUT2D eigenvalue weighted by Gasteiger charge is 2.21. The van der Waals surface area contributed by atoms with Gasteiger partial charge in [-0.2, -0.15) is 0 Å². The molecule has 0 heterocycles. The van der Waals surface area contributed by atoms with Crippen molar-refractivity contribution in [3.8, 4) is 11.5 Å². The molecule has 6 nitrogen and oxygen atoms in total. The lowest BCUT2D eigenvalue weighted by molar-refractivity contribution is -0.139. The molecule has 0 aromatic heterocycles. The molecule has 1 rings (SSSR count). The maximum Gasteiger partial charge on any atom is 0.320 e. The first-order valence-corrected chi connectivity index (χ1v) is 7.00. The normalized spacial score (nSPS) is 11.4. The van der Waals surface area contributed by atoms with E-state index in [9.17, 15) is 9.59 Å². The van der Waals surface area contributed by atoms with Crippen LogP contribution in [0.15, 0.2) is 18.2 Å². The quantitative estimate of drug-likeness (QED) is 0.450. The first kappa shape index (κ1) is 16.5. The number of hydrogen-bond acceptors (Lipinski definition) is 5. The van der Waals surface area contributed by atoms with Crippen molar-refractivity contribution in [2.45, 2.75) is 3.92 Å². The summed E-state index contributed by atoms with van der Waals surface area (Å²) in [4.78, 5) is 23.5. The van der Waals surface area contributed by atoms with Gasteiger partial charge >= 0.3 is 5.97 Å². The molecule has 1 atom stereocenters. The van der Waals surface area contributed by atoms with Gasteiger partial charge in [0.05, 0.1) is 21.3 Å². The lowest BCUT2D eigenvalue weighted by atomic mass is 10.1. The summed E-state index contributed by atoms with van der Waals surface area (Å²) in [7, 11) is 4.25. The van der Waals surface area contributed by atoms with Crippen LogP contribution >= 0.6 is 22.6 Å². The molecule has 110 valence electrons. The van der Waals surface area contributed by atoms with Crippen molar-refractivity contribution in [3.05, 3.63) is 23.8 Å². The van der Waals surface area contributed by atoms with Crippen molar-refractivity contribution in [2.75, 3.05) is 27.9 Å². The van der Waals surface area contributed by atoms with E-state index in [4.69, 9.17) is 9.47 Å². The minimum absolute atomic E-state index is 0.160. The maximum absolute atomic E-state index is 12.2. The summed E-state index contributed by atoms with van der Waals surface area (Å²) >= 11 is 1.90. The molecule has 0 spiro atoms. The molecule has 1 unspecified atom stereocenters. The lowest BCUT2D eigenvalue weighted by Crippen LogP contribution is -2.34. The number of alkyl halides is 1. The van der Waals surface area contributed by atoms with Gasteiger partial charge in [0.2, 0.25) is 0 Å². The van der Waals surface area contributed by atoms with E-state index >= 15 is 0 Å². The van der Waals surface area contributed by atoms with Crippen molar-refractivity contribution >= 4 is 34.5 Å². The summed E-state index contributed by atoms with van der Waals surface area (Å²) in [6.07, 6.45) is 0. The first-order chi connectivity index (χ1) is 9.54. The van der Waals surface area contributed by atoms with Crippen LogP contribution in [0, 0.1) is 0 Å². The van der Waals surface area contributed by atoms with Gasteiger partial charge < -0.3 is 19.5 Å². The van der Waals surface area contributed by atoms with Crippen LogP contribution in [-0.4, -0.2) is 43.7 Å². The van der Waals surface area contributed by atoms with Crippen LogP contribution in [0.4, 0.5) is 0 Å². The second kappa shape index (κ2) is 7.93. The van der Waals surface area contributed by atoms with Crippen LogP contribution in [-0.2, 0) is 9.53 Å². The van der Waals surface area contributed by atoms with Gasteiger partial charge in [0.1, 0.15) is 21.0 Å². The summed E-state index contributed by atoms with van der Waals surface area (Å²) in [5.74, 6) is 0.0533. The number of nitrogens with one attached hydrogen (secondary N) is 1. The third-order valence-electron chi connectivity index (χ3n) is 2.55. The molecular weight excluding hydrogens is 377 g/mol. The van der Waals surface area contributed by atoms with E-state index in [0.29, 0.717) is 17.1 Å². The number of methoxy groups -OCH3 is 3. The van der Waals surface area contributed by atoms with Gasteiger partial charge in [-0.1, -0.05) is 28.7 Å². The molecule has 0 saturated heterocycles. The minimum atomic E-state index is -0.456. The number of rotatable bonds is 6. The second-order valence-corrected chi connectivity index (χ2v) is 5.24. The molecule has 1 N–H and O–H groups in total. The molecule has 0 aliphatic rings. The Balaban J connectivity index is 2.84. The van der Waals surface area contributed by atoms with E-state index in [1.807, 2.05) is 22.6 Å². The topological polar surface area (TPSA) is 73.9 Å². The molecule has 20 heavy (non-hydrogen) atoms. The van der Waals surface area contributed by atoms with Gasteiger partial charge in [-0.25, -0.2) is 0 Å². The Morgan fingerprint density at radius 2 is 1.75 bits per heavy atom. The first-order valence-electron chi connectivity index (χ1n) is 5.76. The number of halogens is 1. The Bertz CT molecular complexity index is 469. The summed E-state index contributed by atoms with van der Waals surface area (Å²) in [5, 5.41) is 2.66. The molecule has 1 aromatic carbocycles. The van der Waals surface area contributed by atoms with Crippen LogP contribution in [0.1, 0.15) is 10.4 Å². The maximum atomic E-state index is 12.2. The predicted molar refractivity (Wildman–Crippen MR) is 81.7 cm³/mol. The smallest absolute Gasteiger partial charge is 0.320 e. The van der Waals surface area contributed by atoms with Gasteiger partial charge in [0.25, 0.3) is 5.91 Å². The molecule has 0 aliphatic heterocycles. The van der Waals surface area contributed by atoms with Crippen molar-refractivity contribution < 1.29 is 23.8 Å². The molecule has 7 heteroatoms. The van der Waals surface area contributed by atoms with E-state index in [1.165, 1.54) is 21.3 Å². The zero-order chi connectivity index (χ0) is 15.1. The summed E-state index contributed by atoms with van der Waals surface area (Å²) in [6, 6.07) is 5.06. The molecule has 0 aliphatic carbocycles. The van der Waals surface area contributed by atoms with Crippen LogP contribution in [0.2, 0.25) is 0 Å². The highest BCUT2D eigenvalue weighted by molar-refractivity contribution is 14.1. The Morgan fingerprint density at radius 1 is 1.20 bits per heavy atom. The van der Waals surface area contributed by atoms with Crippen molar-refractivity contribution in [1.82, 2.24) is 5.32 Å². The molecule has 0 fully saturated rings. The fourth-order valence-electron chi connectivity index (χ4n) is 1.56. The summed E-state index contributed by atoms with van der Waals surface area (Å²) in [6.45, 7) is 0.160. The highest BCUT2D eigenvalue weighted by atomic mass is 127. The second-order valence-electron chi connectivity index (χ2n) is 3.74. The van der Waals surface area contributed by atoms with Crippen LogP contribution in [0.3, 0.4) is 0 Å². The van der Waals surface area contributed by atoms with E-state index in [0.717, 1.165) is 0 Å². The number of amides is 1. The fraction of sp³-hybridized carbons (Fsp3) is 0.385. The third kappa shape index (κ3) is 3.99. The van der Waals surface area contributed by atoms with E-state index in [1.54, 1.807) is 18.2 Å². The molecular formula is C13H16INO5. The highest BCUT2D eigenvalue weighted by Crippen LogP contribution is 2.27. The molecule has 0 bridgehead atoms. The van der Waals surface area contributed by atoms with E-state index < -0.39 is 9.89 Å². The number of carbonyl (C=O) groups is 2. The minimum Gasteiger partial charge on any atom is -0.496 e. The largest absolute Gasteiger partial charge is 0.496 e. The van der Waals surface area contributed by atoms with Crippen LogP contribution < -0.4 is 14.8 Å². The molecule has 1 amide bonds. The van der Waals surface area contributed by atoms with E-state index in [-0.39, 0.29) is 12.5 Å². The average Bonchev–Trinajstić information content (AvgIpc) is 2.50. The Morgan fingerprint density at radius 3 is 2.20 bits per heavy atom. The van der Waals surface area contributed by atoms with Crippen molar-refractivity contribution in [3.63, 3.8) is 0 Å². The Hall–Kier alpha value is -1.51. The third-order valence-corrected chi connectivity index (χ3v) is 3.50. The zero-order valence-corrected chi connectivity index (χ0v) is 13.6. The number of benzene rings is 1. The fourth-order valence-corrected chi connectivity index (χ4v) is 2.03. The summed E-state index contributed by atoms with van der Waals surface area (Å²) < 4.78 is 14.4. The standard InChI is InChI=1S/C13H16INO5/c1-18-9-5-4-6-10(19-2)11(9)12(16)15-7-8(14)13(17)20-3/h4-6,8H,7H2,1-3H3,(H,15,16). The van der Waals surface area contributed by atoms with Gasteiger partial charge in [-0.15, -0.1) is 0 Å². The molecule has 0 saturated carbocycles. The molecule has 1 aromatic rings. The van der Waals surface area contributed by atoms with Crippen molar-refractivity contribution in [1.29, 1.82) is 0 Å². The zero-order valence-electron chi connectivity index (χ0n) is 11.4. The summed E-state index contributed by atoms with van der Waals surface area (Å²) in [5.41, 5.74) is 0.297. The van der Waals surface area contributed by atoms with Gasteiger partial charge in [0, 0.05) is 6.54 Å². The number of ether oxygens (including phenoxy) is 3. The molecule has 0 radical (unpaired) electrons. The average molecular weight is 393 g/mol. The Kier molecular flexibility index (Phi) is 6.56. The SMILES string of the molecule is COC(=O)C(I)CNC(=O)c1c(OC)cccc1OC. The van der Waals surface area contributed by atoms with Crippen LogP contribution in [0.25, 0.3) is 0 Å².